The van der Waals surface area contributed by atoms with E-state index in [2.05, 4.69) is 39.3 Å². The number of rotatable bonds is 6. The van der Waals surface area contributed by atoms with Crippen molar-refractivity contribution >= 4 is 23.4 Å². The predicted molar refractivity (Wildman–Crippen MR) is 123 cm³/mol. The van der Waals surface area contributed by atoms with Gasteiger partial charge in [-0.2, -0.15) is 4.98 Å². The molecule has 0 N–H and O–H groups in total. The fourth-order valence-electron chi connectivity index (χ4n) is 3.58. The summed E-state index contributed by atoms with van der Waals surface area (Å²) in [5.41, 5.74) is 5.20. The molecule has 0 atom stereocenters. The van der Waals surface area contributed by atoms with Gasteiger partial charge in [0.1, 0.15) is 0 Å². The van der Waals surface area contributed by atoms with Crippen LogP contribution in [0, 0.1) is 20.8 Å². The number of carbonyl (C=O) groups is 1. The Labute approximate surface area is 186 Å². The molecular weight excluding hydrogens is 406 g/mol. The molecule has 31 heavy (non-hydrogen) atoms. The summed E-state index contributed by atoms with van der Waals surface area (Å²) in [4.78, 5) is 23.9. The number of fused-ring (bicyclic) bond motifs is 1. The van der Waals surface area contributed by atoms with Gasteiger partial charge >= 0.3 is 0 Å². The summed E-state index contributed by atoms with van der Waals surface area (Å²) in [7, 11) is 1.85. The number of thioether (sulfide) groups is 1. The molecule has 0 fully saturated rings. The summed E-state index contributed by atoms with van der Waals surface area (Å²) >= 11 is 1.34. The molecule has 2 aromatic heterocycles. The molecule has 1 amide bonds. The first-order valence-electron chi connectivity index (χ1n) is 10.1. The van der Waals surface area contributed by atoms with Gasteiger partial charge in [-0.3, -0.25) is 4.79 Å². The van der Waals surface area contributed by atoms with Crippen LogP contribution < -0.4 is 0 Å². The van der Waals surface area contributed by atoms with Crippen molar-refractivity contribution in [2.24, 2.45) is 0 Å². The van der Waals surface area contributed by atoms with E-state index < -0.39 is 0 Å². The second kappa shape index (κ2) is 8.89. The minimum Gasteiger partial charge on any atom is -0.334 e. The van der Waals surface area contributed by atoms with Gasteiger partial charge in [-0.15, -0.1) is 5.10 Å². The lowest BCUT2D eigenvalue weighted by Crippen LogP contribution is -2.33. The lowest BCUT2D eigenvalue weighted by Gasteiger charge is -2.29. The number of carbonyl (C=O) groups excluding carboxylic acids is 1. The van der Waals surface area contributed by atoms with Gasteiger partial charge < -0.3 is 4.90 Å². The predicted octanol–water partition coefficient (Wildman–Crippen LogP) is 4.39. The summed E-state index contributed by atoms with van der Waals surface area (Å²) in [6, 6.07) is 20.0. The molecule has 2 heterocycles. The van der Waals surface area contributed by atoms with E-state index in [0.717, 1.165) is 28.1 Å². The van der Waals surface area contributed by atoms with Crippen LogP contribution in [0.4, 0.5) is 0 Å². The third-order valence-corrected chi connectivity index (χ3v) is 6.40. The van der Waals surface area contributed by atoms with Crippen LogP contribution in [0.25, 0.3) is 5.78 Å². The van der Waals surface area contributed by atoms with Crippen LogP contribution in [0.15, 0.2) is 65.8 Å². The zero-order chi connectivity index (χ0) is 22.0. The molecule has 6 nitrogen and oxygen atoms in total. The molecule has 4 rings (SSSR count). The molecule has 158 valence electrons. The number of nitrogens with zero attached hydrogens (tertiary/aromatic N) is 5. The monoisotopic (exact) mass is 431 g/mol. The van der Waals surface area contributed by atoms with Gasteiger partial charge in [-0.25, -0.2) is 9.50 Å². The SMILES string of the molecule is Cc1nc2nc(SCC(=O)N(C)C(c3ccccc3)c3ccccc3)nn2c(C)c1C. The Kier molecular flexibility index (Phi) is 6.04. The van der Waals surface area contributed by atoms with Crippen molar-refractivity contribution in [2.75, 3.05) is 12.8 Å². The second-order valence-electron chi connectivity index (χ2n) is 7.53. The first-order chi connectivity index (χ1) is 15.0. The Morgan fingerprint density at radius 3 is 2.13 bits per heavy atom. The lowest BCUT2D eigenvalue weighted by molar-refractivity contribution is -0.128. The first-order valence-corrected chi connectivity index (χ1v) is 11.1. The van der Waals surface area contributed by atoms with Crippen molar-refractivity contribution in [3.63, 3.8) is 0 Å². The van der Waals surface area contributed by atoms with Gasteiger partial charge in [-0.1, -0.05) is 72.4 Å². The van der Waals surface area contributed by atoms with Crippen molar-refractivity contribution in [1.82, 2.24) is 24.5 Å². The average Bonchev–Trinajstić information content (AvgIpc) is 3.20. The Hall–Kier alpha value is -3.19. The van der Waals surface area contributed by atoms with E-state index in [1.165, 1.54) is 11.8 Å². The van der Waals surface area contributed by atoms with E-state index in [4.69, 9.17) is 0 Å². The number of benzene rings is 2. The van der Waals surface area contributed by atoms with Crippen molar-refractivity contribution in [3.8, 4) is 0 Å². The maximum atomic E-state index is 13.1. The minimum atomic E-state index is -0.154. The normalized spacial score (nSPS) is 11.3. The molecule has 0 saturated carbocycles. The standard InChI is InChI=1S/C24H25N5OS/c1-16-17(2)25-23-26-24(27-29(23)18(16)3)31-15-21(30)28(4)22(19-11-7-5-8-12-19)20-13-9-6-10-14-20/h5-14,22H,15H2,1-4H3. The highest BCUT2D eigenvalue weighted by Crippen LogP contribution is 2.28. The maximum Gasteiger partial charge on any atom is 0.253 e. The van der Waals surface area contributed by atoms with Crippen LogP contribution in [0.3, 0.4) is 0 Å². The Bertz CT molecular complexity index is 1170. The number of amides is 1. The molecule has 0 aliphatic rings. The highest BCUT2D eigenvalue weighted by molar-refractivity contribution is 7.99. The number of hydrogen-bond donors (Lipinski definition) is 0. The molecule has 0 bridgehead atoms. The minimum absolute atomic E-state index is 0.0126. The Morgan fingerprint density at radius 2 is 1.55 bits per heavy atom. The van der Waals surface area contributed by atoms with Crippen LogP contribution in [-0.4, -0.2) is 43.2 Å². The quantitative estimate of drug-likeness (QED) is 0.424. The number of aromatic nitrogens is 4. The Morgan fingerprint density at radius 1 is 0.968 bits per heavy atom. The number of aryl methyl sites for hydroxylation is 2. The summed E-state index contributed by atoms with van der Waals surface area (Å²) in [6.07, 6.45) is 0. The lowest BCUT2D eigenvalue weighted by atomic mass is 9.97. The van der Waals surface area contributed by atoms with Gasteiger partial charge in [0.2, 0.25) is 11.1 Å². The molecule has 4 aromatic rings. The highest BCUT2D eigenvalue weighted by Gasteiger charge is 2.24. The van der Waals surface area contributed by atoms with E-state index in [1.807, 2.05) is 64.2 Å². The molecule has 0 aliphatic carbocycles. The van der Waals surface area contributed by atoms with E-state index in [0.29, 0.717) is 10.9 Å². The van der Waals surface area contributed by atoms with Gasteiger partial charge in [0, 0.05) is 18.4 Å². The van der Waals surface area contributed by atoms with Gasteiger partial charge in [-0.05, 0) is 37.5 Å². The second-order valence-corrected chi connectivity index (χ2v) is 8.47. The molecule has 0 spiro atoms. The fourth-order valence-corrected chi connectivity index (χ4v) is 4.32. The highest BCUT2D eigenvalue weighted by atomic mass is 32.2. The van der Waals surface area contributed by atoms with E-state index in [1.54, 1.807) is 9.42 Å². The largest absolute Gasteiger partial charge is 0.334 e. The van der Waals surface area contributed by atoms with Crippen LogP contribution in [0.5, 0.6) is 0 Å². The van der Waals surface area contributed by atoms with E-state index in [9.17, 15) is 4.79 Å². The van der Waals surface area contributed by atoms with Crippen molar-refractivity contribution in [2.45, 2.75) is 32.0 Å². The maximum absolute atomic E-state index is 13.1. The molecule has 0 saturated heterocycles. The summed E-state index contributed by atoms with van der Waals surface area (Å²) in [6.45, 7) is 6.00. The summed E-state index contributed by atoms with van der Waals surface area (Å²) < 4.78 is 1.75. The van der Waals surface area contributed by atoms with Crippen LogP contribution >= 0.6 is 11.8 Å². The van der Waals surface area contributed by atoms with Crippen LogP contribution in [0.1, 0.15) is 34.1 Å². The van der Waals surface area contributed by atoms with E-state index in [-0.39, 0.29) is 17.7 Å². The number of hydrogen-bond acceptors (Lipinski definition) is 5. The Balaban J connectivity index is 1.54. The first kappa shape index (κ1) is 21.1. The zero-order valence-electron chi connectivity index (χ0n) is 18.1. The summed E-state index contributed by atoms with van der Waals surface area (Å²) in [5, 5.41) is 5.10. The summed E-state index contributed by atoms with van der Waals surface area (Å²) in [5.74, 6) is 0.828. The van der Waals surface area contributed by atoms with Crippen molar-refractivity contribution < 1.29 is 4.79 Å². The van der Waals surface area contributed by atoms with Crippen molar-refractivity contribution in [1.29, 1.82) is 0 Å². The average molecular weight is 432 g/mol. The zero-order valence-corrected chi connectivity index (χ0v) is 18.9. The molecule has 7 heteroatoms. The molecular formula is C24H25N5OS. The topological polar surface area (TPSA) is 63.4 Å². The smallest absolute Gasteiger partial charge is 0.253 e. The third kappa shape index (κ3) is 4.32. The fraction of sp³-hybridized carbons (Fsp3) is 0.250. The van der Waals surface area contributed by atoms with Crippen LogP contribution in [0.2, 0.25) is 0 Å². The van der Waals surface area contributed by atoms with Crippen LogP contribution in [-0.2, 0) is 4.79 Å². The third-order valence-electron chi connectivity index (χ3n) is 5.58. The molecule has 0 aliphatic heterocycles. The van der Waals surface area contributed by atoms with Gasteiger partial charge in [0.15, 0.2) is 0 Å². The molecule has 0 radical (unpaired) electrons. The van der Waals surface area contributed by atoms with Gasteiger partial charge in [0.25, 0.3) is 5.78 Å². The molecule has 0 unspecified atom stereocenters. The van der Waals surface area contributed by atoms with Crippen molar-refractivity contribution in [3.05, 3.63) is 88.7 Å². The van der Waals surface area contributed by atoms with E-state index >= 15 is 0 Å². The molecule has 2 aromatic carbocycles. The van der Waals surface area contributed by atoms with Gasteiger partial charge in [0.05, 0.1) is 11.8 Å².